The Balaban J connectivity index is 1.55. The average Bonchev–Trinajstić information content (AvgIpc) is 3.16. The van der Waals surface area contributed by atoms with Crippen molar-refractivity contribution in [1.82, 2.24) is 30.4 Å². The predicted molar refractivity (Wildman–Crippen MR) is 88.0 cm³/mol. The molecule has 0 aliphatic rings. The van der Waals surface area contributed by atoms with E-state index >= 15 is 0 Å². The van der Waals surface area contributed by atoms with Gasteiger partial charge in [-0.2, -0.15) is 10.2 Å². The van der Waals surface area contributed by atoms with E-state index < -0.39 is 0 Å². The smallest absolute Gasteiger partial charge is 0.153 e. The molecule has 3 heterocycles. The summed E-state index contributed by atoms with van der Waals surface area (Å²) >= 11 is 0. The molecule has 4 aromatic rings. The average molecular weight is 306 g/mol. The fraction of sp³-hybridized carbons (Fsp3) is 0.0667. The Hall–Kier alpha value is -3.42. The molecule has 0 radical (unpaired) electrons. The van der Waals surface area contributed by atoms with Crippen molar-refractivity contribution < 1.29 is 0 Å². The Morgan fingerprint density at radius 1 is 0.913 bits per heavy atom. The highest BCUT2D eigenvalue weighted by atomic mass is 15.2. The Kier molecular flexibility index (Phi) is 3.12. The van der Waals surface area contributed by atoms with E-state index in [1.807, 2.05) is 31.2 Å². The number of benzene rings is 1. The molecular weight excluding hydrogens is 292 g/mol. The van der Waals surface area contributed by atoms with E-state index in [9.17, 15) is 0 Å². The number of rotatable bonds is 4. The molecule has 0 spiro atoms. The lowest BCUT2D eigenvalue weighted by molar-refractivity contribution is 1.05. The van der Waals surface area contributed by atoms with Gasteiger partial charge in [0.05, 0.1) is 24.1 Å². The van der Waals surface area contributed by atoms with Crippen LogP contribution in [0.4, 0.5) is 23.1 Å². The maximum absolute atomic E-state index is 4.48. The molecule has 0 saturated heterocycles. The molecule has 8 heteroatoms. The van der Waals surface area contributed by atoms with E-state index in [0.717, 1.165) is 22.3 Å². The molecule has 0 unspecified atom stereocenters. The monoisotopic (exact) mass is 306 g/mol. The van der Waals surface area contributed by atoms with Crippen LogP contribution in [-0.4, -0.2) is 30.4 Å². The fourth-order valence-electron chi connectivity index (χ4n) is 2.26. The predicted octanol–water partition coefficient (Wildman–Crippen LogP) is 2.87. The van der Waals surface area contributed by atoms with Crippen LogP contribution in [0, 0.1) is 6.92 Å². The summed E-state index contributed by atoms with van der Waals surface area (Å²) in [5, 5.41) is 21.3. The molecule has 0 fully saturated rings. The van der Waals surface area contributed by atoms with Crippen molar-refractivity contribution in [2.24, 2.45) is 0 Å². The maximum Gasteiger partial charge on any atom is 0.153 e. The summed E-state index contributed by atoms with van der Waals surface area (Å²) in [5.41, 5.74) is 2.84. The first kappa shape index (κ1) is 13.3. The third-order valence-electron chi connectivity index (χ3n) is 3.31. The van der Waals surface area contributed by atoms with Crippen molar-refractivity contribution in [1.29, 1.82) is 0 Å². The molecule has 0 bridgehead atoms. The lowest BCUT2D eigenvalue weighted by Gasteiger charge is -2.07. The quantitative estimate of drug-likeness (QED) is 0.462. The highest BCUT2D eigenvalue weighted by molar-refractivity contribution is 5.82. The van der Waals surface area contributed by atoms with Crippen molar-refractivity contribution in [3.63, 3.8) is 0 Å². The van der Waals surface area contributed by atoms with Gasteiger partial charge in [-0.1, -0.05) is 0 Å². The molecule has 0 aliphatic heterocycles. The van der Waals surface area contributed by atoms with Gasteiger partial charge in [-0.3, -0.25) is 15.2 Å². The van der Waals surface area contributed by atoms with Gasteiger partial charge in [0, 0.05) is 22.8 Å². The number of aromatic nitrogens is 6. The summed E-state index contributed by atoms with van der Waals surface area (Å²) < 4.78 is 0. The second-order valence-electron chi connectivity index (χ2n) is 5.15. The van der Waals surface area contributed by atoms with Crippen LogP contribution in [0.1, 0.15) is 5.69 Å². The first-order valence-corrected chi connectivity index (χ1v) is 7.07. The Morgan fingerprint density at radius 3 is 2.61 bits per heavy atom. The van der Waals surface area contributed by atoms with Crippen molar-refractivity contribution >= 4 is 34.0 Å². The number of nitrogens with one attached hydrogen (secondary N) is 4. The van der Waals surface area contributed by atoms with Crippen LogP contribution in [0.3, 0.4) is 0 Å². The van der Waals surface area contributed by atoms with Crippen molar-refractivity contribution in [3.05, 3.63) is 48.5 Å². The summed E-state index contributed by atoms with van der Waals surface area (Å²) in [6, 6.07) is 7.83. The minimum atomic E-state index is 0.615. The van der Waals surface area contributed by atoms with Gasteiger partial charge in [0.15, 0.2) is 17.5 Å². The summed E-state index contributed by atoms with van der Waals surface area (Å²) in [6.07, 6.45) is 5.10. The number of anilines is 4. The van der Waals surface area contributed by atoms with Gasteiger partial charge in [-0.15, -0.1) is 0 Å². The highest BCUT2D eigenvalue weighted by Crippen LogP contribution is 2.20. The van der Waals surface area contributed by atoms with Crippen LogP contribution in [0.25, 0.3) is 10.9 Å². The van der Waals surface area contributed by atoms with Gasteiger partial charge in [0.25, 0.3) is 0 Å². The van der Waals surface area contributed by atoms with E-state index in [1.165, 1.54) is 0 Å². The fourth-order valence-corrected chi connectivity index (χ4v) is 2.26. The molecule has 4 rings (SSSR count). The first-order chi connectivity index (χ1) is 11.3. The van der Waals surface area contributed by atoms with E-state index in [-0.39, 0.29) is 0 Å². The van der Waals surface area contributed by atoms with Crippen molar-refractivity contribution in [3.8, 4) is 0 Å². The standard InChI is InChI=1S/C15H14N8/c1-9-4-13(23-21-9)19-15-8-16-7-14(20-15)18-11-3-2-10-6-17-22-12(10)5-11/h2-8H,1H3,(H,17,22)(H3,18,19,20,21,23). The second kappa shape index (κ2) is 5.41. The van der Waals surface area contributed by atoms with E-state index in [1.54, 1.807) is 18.6 Å². The molecule has 0 saturated carbocycles. The zero-order valence-corrected chi connectivity index (χ0v) is 12.3. The summed E-state index contributed by atoms with van der Waals surface area (Å²) in [7, 11) is 0. The van der Waals surface area contributed by atoms with Gasteiger partial charge in [0.1, 0.15) is 0 Å². The van der Waals surface area contributed by atoms with E-state index in [0.29, 0.717) is 17.5 Å². The minimum Gasteiger partial charge on any atom is -0.339 e. The van der Waals surface area contributed by atoms with Gasteiger partial charge in [-0.05, 0) is 25.1 Å². The number of aromatic amines is 2. The van der Waals surface area contributed by atoms with Crippen molar-refractivity contribution in [2.45, 2.75) is 6.92 Å². The molecule has 0 aliphatic carbocycles. The molecule has 114 valence electrons. The third kappa shape index (κ3) is 2.82. The molecule has 23 heavy (non-hydrogen) atoms. The number of H-pyrrole nitrogens is 2. The zero-order chi connectivity index (χ0) is 15.6. The normalized spacial score (nSPS) is 10.8. The van der Waals surface area contributed by atoms with Crippen molar-refractivity contribution in [2.75, 3.05) is 10.6 Å². The van der Waals surface area contributed by atoms with Crippen LogP contribution in [-0.2, 0) is 0 Å². The van der Waals surface area contributed by atoms with Crippen LogP contribution in [0.5, 0.6) is 0 Å². The Morgan fingerprint density at radius 2 is 1.78 bits per heavy atom. The SMILES string of the molecule is Cc1cc(Nc2cncc(Nc3ccc4cn[nH]c4c3)n2)n[nH]1. The lowest BCUT2D eigenvalue weighted by Crippen LogP contribution is -1.99. The lowest BCUT2D eigenvalue weighted by atomic mass is 10.2. The molecule has 0 amide bonds. The summed E-state index contributed by atoms with van der Waals surface area (Å²) in [6.45, 7) is 1.94. The van der Waals surface area contributed by atoms with E-state index in [4.69, 9.17) is 0 Å². The minimum absolute atomic E-state index is 0.615. The molecule has 1 aromatic carbocycles. The van der Waals surface area contributed by atoms with Crippen LogP contribution in [0.2, 0.25) is 0 Å². The van der Waals surface area contributed by atoms with Gasteiger partial charge in [0.2, 0.25) is 0 Å². The number of hydrogen-bond acceptors (Lipinski definition) is 6. The number of aryl methyl sites for hydroxylation is 1. The number of fused-ring (bicyclic) bond motifs is 1. The topological polar surface area (TPSA) is 107 Å². The van der Waals surface area contributed by atoms with Gasteiger partial charge in [-0.25, -0.2) is 4.98 Å². The first-order valence-electron chi connectivity index (χ1n) is 7.07. The summed E-state index contributed by atoms with van der Waals surface area (Å²) in [4.78, 5) is 8.67. The number of hydrogen-bond donors (Lipinski definition) is 4. The van der Waals surface area contributed by atoms with Crippen LogP contribution < -0.4 is 10.6 Å². The Labute approximate surface area is 131 Å². The summed E-state index contributed by atoms with van der Waals surface area (Å²) in [5.74, 6) is 1.96. The van der Waals surface area contributed by atoms with Gasteiger partial charge < -0.3 is 10.6 Å². The Bertz CT molecular complexity index is 955. The van der Waals surface area contributed by atoms with Crippen LogP contribution >= 0.6 is 0 Å². The molecule has 8 nitrogen and oxygen atoms in total. The van der Waals surface area contributed by atoms with Gasteiger partial charge >= 0.3 is 0 Å². The highest BCUT2D eigenvalue weighted by Gasteiger charge is 2.04. The molecule has 0 atom stereocenters. The third-order valence-corrected chi connectivity index (χ3v) is 3.31. The number of nitrogens with zero attached hydrogens (tertiary/aromatic N) is 4. The largest absolute Gasteiger partial charge is 0.339 e. The van der Waals surface area contributed by atoms with E-state index in [2.05, 4.69) is 41.0 Å². The zero-order valence-electron chi connectivity index (χ0n) is 12.3. The molecule has 4 N–H and O–H groups in total. The molecular formula is C15H14N8. The maximum atomic E-state index is 4.48. The second-order valence-corrected chi connectivity index (χ2v) is 5.15. The molecule has 3 aromatic heterocycles. The van der Waals surface area contributed by atoms with Crippen LogP contribution in [0.15, 0.2) is 42.9 Å².